The molecule has 0 aliphatic carbocycles. The molecule has 1 atom stereocenters. The van der Waals surface area contributed by atoms with Crippen LogP contribution in [0.4, 0.5) is 0 Å². The van der Waals surface area contributed by atoms with E-state index in [1.165, 1.54) is 6.26 Å². The molecule has 5 heteroatoms. The van der Waals surface area contributed by atoms with Crippen molar-refractivity contribution in [1.29, 1.82) is 0 Å². The molecule has 0 N–H and O–H groups in total. The van der Waals surface area contributed by atoms with E-state index < -0.39 is 0 Å². The summed E-state index contributed by atoms with van der Waals surface area (Å²) < 4.78 is 10.8. The molecule has 0 aliphatic rings. The normalized spacial score (nSPS) is 13.3. The van der Waals surface area contributed by atoms with Gasteiger partial charge in [-0.25, -0.2) is 9.97 Å². The van der Waals surface area contributed by atoms with Gasteiger partial charge in [0.1, 0.15) is 6.26 Å². The van der Waals surface area contributed by atoms with Gasteiger partial charge < -0.3 is 9.15 Å². The van der Waals surface area contributed by atoms with E-state index >= 15 is 0 Å². The monoisotopic (exact) mass is 247 g/mol. The van der Waals surface area contributed by atoms with E-state index in [9.17, 15) is 0 Å². The molecule has 2 rings (SSSR count). The first-order valence-electron chi connectivity index (χ1n) is 5.85. The molecule has 0 saturated carbocycles. The summed E-state index contributed by atoms with van der Waals surface area (Å²) in [5, 5.41) is 0. The lowest BCUT2D eigenvalue weighted by molar-refractivity contribution is 0.180. The minimum atomic E-state index is -0.283. The Morgan fingerprint density at radius 2 is 1.94 bits per heavy atom. The Labute approximate surface area is 106 Å². The second-order valence-electron chi connectivity index (χ2n) is 5.12. The first-order chi connectivity index (χ1) is 8.47. The maximum Gasteiger partial charge on any atom is 0.235 e. The molecule has 96 valence electrons. The van der Waals surface area contributed by atoms with E-state index in [4.69, 9.17) is 9.15 Å². The summed E-state index contributed by atoms with van der Waals surface area (Å²) in [6.45, 7) is 8.12. The van der Waals surface area contributed by atoms with Crippen molar-refractivity contribution in [3.05, 3.63) is 36.4 Å². The van der Waals surface area contributed by atoms with Gasteiger partial charge in [-0.2, -0.15) is 0 Å². The van der Waals surface area contributed by atoms with Crippen LogP contribution in [0.25, 0.3) is 0 Å². The fraction of sp³-hybridized carbons (Fsp3) is 0.462. The third-order valence-electron chi connectivity index (χ3n) is 2.49. The van der Waals surface area contributed by atoms with Crippen molar-refractivity contribution >= 4 is 0 Å². The van der Waals surface area contributed by atoms with Gasteiger partial charge in [-0.1, -0.05) is 20.8 Å². The Bertz CT molecular complexity index is 486. The molecule has 0 amide bonds. The highest BCUT2D eigenvalue weighted by atomic mass is 16.5. The first-order valence-corrected chi connectivity index (χ1v) is 5.85. The number of nitrogens with zero attached hydrogens (tertiary/aromatic N) is 3. The smallest absolute Gasteiger partial charge is 0.235 e. The lowest BCUT2D eigenvalue weighted by Crippen LogP contribution is -2.14. The fourth-order valence-electron chi connectivity index (χ4n) is 1.43. The zero-order valence-corrected chi connectivity index (χ0v) is 11.0. The summed E-state index contributed by atoms with van der Waals surface area (Å²) in [7, 11) is 0. The highest BCUT2D eigenvalue weighted by Gasteiger charge is 2.17. The number of oxazole rings is 1. The van der Waals surface area contributed by atoms with Gasteiger partial charge >= 0.3 is 0 Å². The van der Waals surface area contributed by atoms with E-state index in [2.05, 4.69) is 35.7 Å². The molecule has 2 heterocycles. The number of ether oxygens (including phenoxy) is 1. The minimum Gasteiger partial charge on any atom is -0.464 e. The molecule has 0 aromatic carbocycles. The van der Waals surface area contributed by atoms with Gasteiger partial charge in [0.25, 0.3) is 0 Å². The maximum absolute atomic E-state index is 5.60. The quantitative estimate of drug-likeness (QED) is 0.834. The van der Waals surface area contributed by atoms with Gasteiger partial charge in [0.2, 0.25) is 11.8 Å². The van der Waals surface area contributed by atoms with Crippen LogP contribution in [0.5, 0.6) is 5.88 Å². The summed E-state index contributed by atoms with van der Waals surface area (Å²) in [6.07, 6.45) is 6.18. The topological polar surface area (TPSA) is 61.0 Å². The second kappa shape index (κ2) is 4.76. The highest BCUT2D eigenvalue weighted by molar-refractivity contribution is 5.14. The second-order valence-corrected chi connectivity index (χ2v) is 5.12. The lowest BCUT2D eigenvalue weighted by atomic mass is 9.93. The standard InChI is InChI=1S/C13H17N3O2/c1-9(12-14-5-6-17-12)18-11-8-15-10(7-16-11)13(2,3)4/h5-9H,1-4H3. The Kier molecular flexibility index (Phi) is 3.32. The molecule has 0 aliphatic heterocycles. The Hall–Kier alpha value is -1.91. The minimum absolute atomic E-state index is 0.0142. The Balaban J connectivity index is 2.07. The molecule has 0 bridgehead atoms. The van der Waals surface area contributed by atoms with Crippen LogP contribution >= 0.6 is 0 Å². The third-order valence-corrected chi connectivity index (χ3v) is 2.49. The largest absolute Gasteiger partial charge is 0.464 e. The van der Waals surface area contributed by atoms with Crippen LogP contribution in [-0.4, -0.2) is 15.0 Å². The van der Waals surface area contributed by atoms with Crippen LogP contribution in [0, 0.1) is 0 Å². The van der Waals surface area contributed by atoms with Crippen molar-refractivity contribution in [1.82, 2.24) is 15.0 Å². The van der Waals surface area contributed by atoms with Crippen molar-refractivity contribution in [3.8, 4) is 5.88 Å². The van der Waals surface area contributed by atoms with Crippen molar-refractivity contribution < 1.29 is 9.15 Å². The first kappa shape index (κ1) is 12.5. The summed E-state index contributed by atoms with van der Waals surface area (Å²) in [4.78, 5) is 12.6. The average Bonchev–Trinajstić information content (AvgIpc) is 2.82. The molecule has 5 nitrogen and oxygen atoms in total. The number of hydrogen-bond donors (Lipinski definition) is 0. The van der Waals surface area contributed by atoms with Crippen LogP contribution in [0.1, 0.15) is 45.4 Å². The molecule has 2 aromatic rings. The lowest BCUT2D eigenvalue weighted by Gasteiger charge is -2.17. The van der Waals surface area contributed by atoms with Gasteiger partial charge in [0.05, 0.1) is 24.3 Å². The van der Waals surface area contributed by atoms with Gasteiger partial charge in [0.15, 0.2) is 6.10 Å². The summed E-state index contributed by atoms with van der Waals surface area (Å²) in [6, 6.07) is 0. The van der Waals surface area contributed by atoms with Crippen molar-refractivity contribution in [2.24, 2.45) is 0 Å². The van der Waals surface area contributed by atoms with E-state index in [0.717, 1.165) is 5.69 Å². The summed E-state index contributed by atoms with van der Waals surface area (Å²) in [5.41, 5.74) is 0.915. The molecular formula is C13H17N3O2. The molecular weight excluding hydrogens is 230 g/mol. The molecule has 0 spiro atoms. The van der Waals surface area contributed by atoms with Gasteiger partial charge in [0, 0.05) is 5.41 Å². The van der Waals surface area contributed by atoms with Crippen molar-refractivity contribution in [2.75, 3.05) is 0 Å². The zero-order valence-electron chi connectivity index (χ0n) is 11.0. The number of aromatic nitrogens is 3. The highest BCUT2D eigenvalue weighted by Crippen LogP contribution is 2.22. The van der Waals surface area contributed by atoms with Gasteiger partial charge in [-0.05, 0) is 6.92 Å². The predicted octanol–water partition coefficient (Wildman–Crippen LogP) is 2.90. The van der Waals surface area contributed by atoms with E-state index in [1.807, 2.05) is 6.92 Å². The molecule has 0 fully saturated rings. The van der Waals surface area contributed by atoms with Crippen LogP contribution < -0.4 is 4.74 Å². The molecule has 2 aromatic heterocycles. The zero-order chi connectivity index (χ0) is 13.2. The average molecular weight is 247 g/mol. The number of rotatable bonds is 3. The summed E-state index contributed by atoms with van der Waals surface area (Å²) in [5.74, 6) is 0.991. The SMILES string of the molecule is CC(Oc1cnc(C(C)(C)C)cn1)c1ncco1. The van der Waals surface area contributed by atoms with Crippen LogP contribution in [0.3, 0.4) is 0 Å². The van der Waals surface area contributed by atoms with E-state index in [-0.39, 0.29) is 11.5 Å². The van der Waals surface area contributed by atoms with Crippen LogP contribution in [-0.2, 0) is 5.41 Å². The van der Waals surface area contributed by atoms with E-state index in [0.29, 0.717) is 11.8 Å². The van der Waals surface area contributed by atoms with E-state index in [1.54, 1.807) is 18.6 Å². The molecule has 1 unspecified atom stereocenters. The van der Waals surface area contributed by atoms with Crippen molar-refractivity contribution in [3.63, 3.8) is 0 Å². The third kappa shape index (κ3) is 2.85. The Morgan fingerprint density at radius 1 is 1.17 bits per heavy atom. The van der Waals surface area contributed by atoms with Gasteiger partial charge in [-0.3, -0.25) is 4.98 Å². The van der Waals surface area contributed by atoms with Crippen molar-refractivity contribution in [2.45, 2.75) is 39.2 Å². The number of hydrogen-bond acceptors (Lipinski definition) is 5. The fourth-order valence-corrected chi connectivity index (χ4v) is 1.43. The molecule has 0 radical (unpaired) electrons. The molecule has 0 saturated heterocycles. The van der Waals surface area contributed by atoms with Crippen LogP contribution in [0.15, 0.2) is 29.3 Å². The maximum atomic E-state index is 5.60. The summed E-state index contributed by atoms with van der Waals surface area (Å²) >= 11 is 0. The Morgan fingerprint density at radius 3 is 2.44 bits per heavy atom. The molecule has 18 heavy (non-hydrogen) atoms. The van der Waals surface area contributed by atoms with Crippen LogP contribution in [0.2, 0.25) is 0 Å². The predicted molar refractivity (Wildman–Crippen MR) is 66.3 cm³/mol. The van der Waals surface area contributed by atoms with Gasteiger partial charge in [-0.15, -0.1) is 0 Å².